The zero-order chi connectivity index (χ0) is 13.1. The minimum absolute atomic E-state index is 0.148. The molecule has 0 aliphatic rings. The Balaban J connectivity index is 2.30. The van der Waals surface area contributed by atoms with Gasteiger partial charge in [0, 0.05) is 9.79 Å². The lowest BCUT2D eigenvalue weighted by molar-refractivity contribution is 0.278. The maximum atomic E-state index is 13.1. The van der Waals surface area contributed by atoms with Crippen LogP contribution in [-0.2, 0) is 6.61 Å². The van der Waals surface area contributed by atoms with Crippen LogP contribution in [0.4, 0.5) is 4.39 Å². The zero-order valence-corrected chi connectivity index (χ0v) is 11.2. The predicted molar refractivity (Wildman–Crippen MR) is 72.4 cm³/mol. The van der Waals surface area contributed by atoms with E-state index in [9.17, 15) is 9.50 Å². The maximum Gasteiger partial charge on any atom is 0.123 e. The second-order valence-electron chi connectivity index (χ2n) is 4.26. The van der Waals surface area contributed by atoms with Gasteiger partial charge in [0.1, 0.15) is 5.82 Å². The molecule has 0 fully saturated rings. The number of rotatable bonds is 3. The zero-order valence-electron chi connectivity index (χ0n) is 10.4. The Hall–Kier alpha value is -1.32. The van der Waals surface area contributed by atoms with E-state index in [2.05, 4.69) is 26.0 Å². The van der Waals surface area contributed by atoms with E-state index in [1.807, 2.05) is 6.07 Å². The lowest BCUT2D eigenvalue weighted by Crippen LogP contribution is -1.89. The summed E-state index contributed by atoms with van der Waals surface area (Å²) in [6.45, 7) is 3.99. The molecule has 1 nitrogen and oxygen atoms in total. The van der Waals surface area contributed by atoms with E-state index < -0.39 is 0 Å². The molecule has 0 aliphatic heterocycles. The first-order valence-corrected chi connectivity index (χ1v) is 6.56. The molecular weight excluding hydrogens is 247 g/mol. The summed E-state index contributed by atoms with van der Waals surface area (Å²) in [6.07, 6.45) is 0. The highest BCUT2D eigenvalue weighted by Crippen LogP contribution is 2.32. The van der Waals surface area contributed by atoms with Gasteiger partial charge in [-0.1, -0.05) is 17.8 Å². The van der Waals surface area contributed by atoms with Crippen LogP contribution in [0.5, 0.6) is 0 Å². The maximum absolute atomic E-state index is 13.1. The van der Waals surface area contributed by atoms with Crippen molar-refractivity contribution in [2.75, 3.05) is 0 Å². The van der Waals surface area contributed by atoms with Crippen LogP contribution >= 0.6 is 11.8 Å². The SMILES string of the molecule is Cc1ccc(Sc2ccc(F)cc2CO)cc1C. The minimum Gasteiger partial charge on any atom is -0.392 e. The predicted octanol–water partition coefficient (Wildman–Crippen LogP) is 4.09. The summed E-state index contributed by atoms with van der Waals surface area (Å²) < 4.78 is 13.1. The second kappa shape index (κ2) is 5.55. The first-order chi connectivity index (χ1) is 8.60. The number of aryl methyl sites for hydroxylation is 2. The number of aliphatic hydroxyl groups excluding tert-OH is 1. The molecule has 0 heterocycles. The minimum atomic E-state index is -0.316. The van der Waals surface area contributed by atoms with Crippen LogP contribution in [0.1, 0.15) is 16.7 Å². The van der Waals surface area contributed by atoms with Crippen LogP contribution < -0.4 is 0 Å². The standard InChI is InChI=1S/C15H15FOS/c1-10-3-5-14(7-11(10)2)18-15-6-4-13(16)8-12(15)9-17/h3-8,17H,9H2,1-2H3. The van der Waals surface area contributed by atoms with Gasteiger partial charge in [0.15, 0.2) is 0 Å². The fourth-order valence-corrected chi connectivity index (χ4v) is 2.69. The Labute approximate surface area is 111 Å². The second-order valence-corrected chi connectivity index (χ2v) is 5.37. The van der Waals surface area contributed by atoms with Crippen molar-refractivity contribution >= 4 is 11.8 Å². The van der Waals surface area contributed by atoms with Crippen molar-refractivity contribution in [3.63, 3.8) is 0 Å². The highest BCUT2D eigenvalue weighted by molar-refractivity contribution is 7.99. The Kier molecular flexibility index (Phi) is 4.04. The van der Waals surface area contributed by atoms with Crippen LogP contribution in [0, 0.1) is 19.7 Å². The molecule has 94 valence electrons. The lowest BCUT2D eigenvalue weighted by atomic mass is 10.1. The molecule has 0 aromatic heterocycles. The summed E-state index contributed by atoms with van der Waals surface area (Å²) in [7, 11) is 0. The largest absolute Gasteiger partial charge is 0.392 e. The van der Waals surface area contributed by atoms with Gasteiger partial charge in [-0.25, -0.2) is 4.39 Å². The molecule has 2 rings (SSSR count). The van der Waals surface area contributed by atoms with Gasteiger partial charge < -0.3 is 5.11 Å². The molecule has 0 unspecified atom stereocenters. The van der Waals surface area contributed by atoms with Crippen molar-refractivity contribution in [1.82, 2.24) is 0 Å². The van der Waals surface area contributed by atoms with Gasteiger partial charge in [0.25, 0.3) is 0 Å². The third-order valence-corrected chi connectivity index (χ3v) is 4.01. The van der Waals surface area contributed by atoms with E-state index in [1.54, 1.807) is 17.8 Å². The smallest absolute Gasteiger partial charge is 0.123 e. The lowest BCUT2D eigenvalue weighted by Gasteiger charge is -2.08. The number of hydrogen-bond acceptors (Lipinski definition) is 2. The summed E-state index contributed by atoms with van der Waals surface area (Å²) in [5, 5.41) is 9.24. The fraction of sp³-hybridized carbons (Fsp3) is 0.200. The average Bonchev–Trinajstić information content (AvgIpc) is 2.36. The molecule has 2 aromatic rings. The molecule has 0 amide bonds. The normalized spacial score (nSPS) is 10.7. The van der Waals surface area contributed by atoms with Crippen molar-refractivity contribution in [3.8, 4) is 0 Å². The third kappa shape index (κ3) is 2.92. The molecule has 2 aromatic carbocycles. The number of halogens is 1. The molecule has 0 radical (unpaired) electrons. The van der Waals surface area contributed by atoms with Crippen LogP contribution in [0.15, 0.2) is 46.2 Å². The van der Waals surface area contributed by atoms with Crippen molar-refractivity contribution in [2.24, 2.45) is 0 Å². The van der Waals surface area contributed by atoms with Crippen LogP contribution in [-0.4, -0.2) is 5.11 Å². The first kappa shape index (κ1) is 13.1. The van der Waals surface area contributed by atoms with Crippen LogP contribution in [0.2, 0.25) is 0 Å². The molecule has 18 heavy (non-hydrogen) atoms. The van der Waals surface area contributed by atoms with Crippen molar-refractivity contribution in [2.45, 2.75) is 30.2 Å². The number of benzene rings is 2. The summed E-state index contributed by atoms with van der Waals surface area (Å²) in [5.41, 5.74) is 3.10. The van der Waals surface area contributed by atoms with E-state index in [4.69, 9.17) is 0 Å². The summed E-state index contributed by atoms with van der Waals surface area (Å²) >= 11 is 1.54. The van der Waals surface area contributed by atoms with E-state index in [0.717, 1.165) is 9.79 Å². The summed E-state index contributed by atoms with van der Waals surface area (Å²) in [4.78, 5) is 1.99. The van der Waals surface area contributed by atoms with Crippen molar-refractivity contribution < 1.29 is 9.50 Å². The van der Waals surface area contributed by atoms with E-state index in [-0.39, 0.29) is 12.4 Å². The number of hydrogen-bond donors (Lipinski definition) is 1. The Bertz CT molecular complexity index is 566. The van der Waals surface area contributed by atoms with E-state index in [1.165, 1.54) is 23.3 Å². The Morgan fingerprint density at radius 1 is 1.06 bits per heavy atom. The molecular formula is C15H15FOS. The number of aliphatic hydroxyl groups is 1. The summed E-state index contributed by atoms with van der Waals surface area (Å²) in [5.74, 6) is -0.316. The van der Waals surface area contributed by atoms with E-state index in [0.29, 0.717) is 5.56 Å². The van der Waals surface area contributed by atoms with Gasteiger partial charge in [-0.15, -0.1) is 0 Å². The molecule has 0 atom stereocenters. The van der Waals surface area contributed by atoms with E-state index >= 15 is 0 Å². The van der Waals surface area contributed by atoms with Crippen LogP contribution in [0.3, 0.4) is 0 Å². The quantitative estimate of drug-likeness (QED) is 0.899. The molecule has 1 N–H and O–H groups in total. The van der Waals surface area contributed by atoms with Gasteiger partial charge in [0.2, 0.25) is 0 Å². The topological polar surface area (TPSA) is 20.2 Å². The molecule has 0 saturated heterocycles. The van der Waals surface area contributed by atoms with Gasteiger partial charge in [0.05, 0.1) is 6.61 Å². The fourth-order valence-electron chi connectivity index (χ4n) is 1.68. The highest BCUT2D eigenvalue weighted by Gasteiger charge is 2.06. The van der Waals surface area contributed by atoms with Crippen LogP contribution in [0.25, 0.3) is 0 Å². The Morgan fingerprint density at radius 3 is 2.50 bits per heavy atom. The highest BCUT2D eigenvalue weighted by atomic mass is 32.2. The molecule has 0 saturated carbocycles. The molecule has 3 heteroatoms. The van der Waals surface area contributed by atoms with Crippen molar-refractivity contribution in [3.05, 3.63) is 58.9 Å². The molecule has 0 aliphatic carbocycles. The van der Waals surface area contributed by atoms with Gasteiger partial charge in [-0.05, 0) is 60.9 Å². The van der Waals surface area contributed by atoms with Gasteiger partial charge >= 0.3 is 0 Å². The molecule has 0 bridgehead atoms. The van der Waals surface area contributed by atoms with Gasteiger partial charge in [-0.2, -0.15) is 0 Å². The van der Waals surface area contributed by atoms with Crippen molar-refractivity contribution in [1.29, 1.82) is 0 Å². The summed E-state index contributed by atoms with van der Waals surface area (Å²) in [6, 6.07) is 10.7. The van der Waals surface area contributed by atoms with Gasteiger partial charge in [-0.3, -0.25) is 0 Å². The third-order valence-electron chi connectivity index (χ3n) is 2.90. The average molecular weight is 262 g/mol. The molecule has 0 spiro atoms. The first-order valence-electron chi connectivity index (χ1n) is 5.74. The Morgan fingerprint density at radius 2 is 1.83 bits per heavy atom. The monoisotopic (exact) mass is 262 g/mol.